The highest BCUT2D eigenvalue weighted by Crippen LogP contribution is 2.18. The minimum atomic E-state index is -0.759. The molecule has 0 aliphatic rings. The van der Waals surface area contributed by atoms with Crippen LogP contribution in [-0.2, 0) is 6.42 Å². The maximum absolute atomic E-state index is 13.2. The van der Waals surface area contributed by atoms with E-state index in [4.69, 9.17) is 0 Å². The molecule has 24 heavy (non-hydrogen) atoms. The molecule has 7 heteroatoms. The fourth-order valence-corrected chi connectivity index (χ4v) is 2.40. The summed E-state index contributed by atoms with van der Waals surface area (Å²) in [5.74, 6) is -1.42. The molecule has 0 atom stereocenters. The van der Waals surface area contributed by atoms with Crippen molar-refractivity contribution in [2.75, 3.05) is 5.32 Å². The molecular formula is C17H14F2N4O. The molecule has 0 fully saturated rings. The smallest absolute Gasteiger partial charge is 0.259 e. The fourth-order valence-electron chi connectivity index (χ4n) is 2.40. The Kier molecular flexibility index (Phi) is 4.33. The molecule has 2 heterocycles. The lowest BCUT2D eigenvalue weighted by Gasteiger charge is -2.08. The Balaban J connectivity index is 1.92. The highest BCUT2D eigenvalue weighted by atomic mass is 19.1. The van der Waals surface area contributed by atoms with Gasteiger partial charge in [0.15, 0.2) is 5.82 Å². The van der Waals surface area contributed by atoms with E-state index in [-0.39, 0.29) is 5.69 Å². The van der Waals surface area contributed by atoms with Crippen molar-refractivity contribution in [1.82, 2.24) is 14.8 Å². The highest BCUT2D eigenvalue weighted by Gasteiger charge is 2.18. The number of nitrogens with one attached hydrogen (secondary N) is 1. The number of rotatable bonds is 4. The lowest BCUT2D eigenvalue weighted by molar-refractivity contribution is 0.102. The predicted molar refractivity (Wildman–Crippen MR) is 85.0 cm³/mol. The quantitative estimate of drug-likeness (QED) is 0.799. The molecule has 0 saturated heterocycles. The number of hydrogen-bond donors (Lipinski definition) is 1. The maximum atomic E-state index is 13.2. The van der Waals surface area contributed by atoms with Crippen LogP contribution >= 0.6 is 0 Å². The van der Waals surface area contributed by atoms with Crippen LogP contribution in [0.1, 0.15) is 23.0 Å². The van der Waals surface area contributed by atoms with Gasteiger partial charge in [-0.1, -0.05) is 13.0 Å². The Morgan fingerprint density at radius 1 is 1.21 bits per heavy atom. The standard InChI is InChI=1S/C17H14F2N4O/c1-2-15-14(10-21-23(15)16-5-3-4-6-20-16)17(24)22-13-8-11(18)7-12(19)9-13/h3-10H,2H2,1H3,(H,22,24). The minimum absolute atomic E-state index is 0.0464. The first-order chi connectivity index (χ1) is 11.6. The molecule has 0 radical (unpaired) electrons. The van der Waals surface area contributed by atoms with E-state index in [1.807, 2.05) is 13.0 Å². The van der Waals surface area contributed by atoms with Gasteiger partial charge < -0.3 is 5.32 Å². The maximum Gasteiger partial charge on any atom is 0.259 e. The second-order valence-electron chi connectivity index (χ2n) is 5.07. The molecule has 0 spiro atoms. The highest BCUT2D eigenvalue weighted by molar-refractivity contribution is 6.05. The number of anilines is 1. The number of carbonyl (C=O) groups is 1. The van der Waals surface area contributed by atoms with Crippen LogP contribution in [0.3, 0.4) is 0 Å². The summed E-state index contributed by atoms with van der Waals surface area (Å²) >= 11 is 0. The van der Waals surface area contributed by atoms with Crippen molar-refractivity contribution in [3.8, 4) is 5.82 Å². The van der Waals surface area contributed by atoms with E-state index in [2.05, 4.69) is 15.4 Å². The summed E-state index contributed by atoms with van der Waals surface area (Å²) in [7, 11) is 0. The number of benzene rings is 1. The Hall–Kier alpha value is -3.09. The minimum Gasteiger partial charge on any atom is -0.322 e. The Labute approximate surface area is 137 Å². The molecule has 1 amide bonds. The van der Waals surface area contributed by atoms with Crippen molar-refractivity contribution in [3.63, 3.8) is 0 Å². The third kappa shape index (κ3) is 3.15. The first-order valence-electron chi connectivity index (χ1n) is 7.34. The van der Waals surface area contributed by atoms with Crippen molar-refractivity contribution in [2.24, 2.45) is 0 Å². The van der Waals surface area contributed by atoms with Gasteiger partial charge >= 0.3 is 0 Å². The average Bonchev–Trinajstić information content (AvgIpc) is 2.98. The molecule has 5 nitrogen and oxygen atoms in total. The van der Waals surface area contributed by atoms with Crippen LogP contribution in [0.15, 0.2) is 48.8 Å². The van der Waals surface area contributed by atoms with Crippen molar-refractivity contribution in [1.29, 1.82) is 0 Å². The number of carbonyl (C=O) groups excluding carboxylic acids is 1. The molecule has 1 aromatic carbocycles. The zero-order chi connectivity index (χ0) is 17.1. The van der Waals surface area contributed by atoms with Crippen molar-refractivity contribution >= 4 is 11.6 Å². The van der Waals surface area contributed by atoms with E-state index in [0.717, 1.165) is 18.2 Å². The number of pyridine rings is 1. The normalized spacial score (nSPS) is 10.6. The van der Waals surface area contributed by atoms with E-state index < -0.39 is 17.5 Å². The fraction of sp³-hybridized carbons (Fsp3) is 0.118. The lowest BCUT2D eigenvalue weighted by Crippen LogP contribution is -2.14. The lowest BCUT2D eigenvalue weighted by atomic mass is 10.2. The third-order valence-electron chi connectivity index (χ3n) is 3.44. The topological polar surface area (TPSA) is 59.8 Å². The molecule has 0 aliphatic carbocycles. The van der Waals surface area contributed by atoms with Gasteiger partial charge in [0, 0.05) is 18.0 Å². The summed E-state index contributed by atoms with van der Waals surface area (Å²) in [4.78, 5) is 16.6. The van der Waals surface area contributed by atoms with Gasteiger partial charge in [0.2, 0.25) is 0 Å². The van der Waals surface area contributed by atoms with E-state index >= 15 is 0 Å². The van der Waals surface area contributed by atoms with Gasteiger partial charge in [0.1, 0.15) is 11.6 Å². The molecule has 3 rings (SSSR count). The first kappa shape index (κ1) is 15.8. The summed E-state index contributed by atoms with van der Waals surface area (Å²) in [5.41, 5.74) is 1.03. The molecule has 0 unspecified atom stereocenters. The van der Waals surface area contributed by atoms with E-state index in [0.29, 0.717) is 23.5 Å². The second kappa shape index (κ2) is 6.57. The Morgan fingerprint density at radius 2 is 1.96 bits per heavy atom. The predicted octanol–water partition coefficient (Wildman–Crippen LogP) is 3.36. The van der Waals surface area contributed by atoms with E-state index in [1.54, 1.807) is 23.0 Å². The summed E-state index contributed by atoms with van der Waals surface area (Å²) in [5, 5.41) is 6.69. The van der Waals surface area contributed by atoms with E-state index in [9.17, 15) is 13.6 Å². The van der Waals surface area contributed by atoms with Crippen LogP contribution in [0.25, 0.3) is 5.82 Å². The first-order valence-corrected chi connectivity index (χ1v) is 7.34. The molecule has 122 valence electrons. The molecule has 0 aliphatic heterocycles. The van der Waals surface area contributed by atoms with Crippen molar-refractivity contribution in [2.45, 2.75) is 13.3 Å². The molecule has 0 bridgehead atoms. The summed E-state index contributed by atoms with van der Waals surface area (Å²) < 4.78 is 28.0. The zero-order valence-corrected chi connectivity index (χ0v) is 12.8. The van der Waals surface area contributed by atoms with Crippen molar-refractivity contribution < 1.29 is 13.6 Å². The number of hydrogen-bond acceptors (Lipinski definition) is 3. The van der Waals surface area contributed by atoms with Crippen LogP contribution in [-0.4, -0.2) is 20.7 Å². The average molecular weight is 328 g/mol. The monoisotopic (exact) mass is 328 g/mol. The number of halogens is 2. The van der Waals surface area contributed by atoms with Gasteiger partial charge in [-0.05, 0) is 30.7 Å². The van der Waals surface area contributed by atoms with E-state index in [1.165, 1.54) is 6.20 Å². The third-order valence-corrected chi connectivity index (χ3v) is 3.44. The van der Waals surface area contributed by atoms with Gasteiger partial charge in [-0.3, -0.25) is 4.79 Å². The van der Waals surface area contributed by atoms with Crippen LogP contribution in [0, 0.1) is 11.6 Å². The van der Waals surface area contributed by atoms with Gasteiger partial charge in [0.05, 0.1) is 17.5 Å². The Bertz CT molecular complexity index is 857. The Morgan fingerprint density at radius 3 is 2.58 bits per heavy atom. The number of nitrogens with zero attached hydrogens (tertiary/aromatic N) is 3. The summed E-state index contributed by atoms with van der Waals surface area (Å²) in [6, 6.07) is 8.22. The zero-order valence-electron chi connectivity index (χ0n) is 12.8. The van der Waals surface area contributed by atoms with Gasteiger partial charge in [-0.2, -0.15) is 5.10 Å². The van der Waals surface area contributed by atoms with Crippen LogP contribution in [0.4, 0.5) is 14.5 Å². The summed E-state index contributed by atoms with van der Waals surface area (Å²) in [6.07, 6.45) is 3.58. The van der Waals surface area contributed by atoms with Gasteiger partial charge in [-0.15, -0.1) is 0 Å². The molecule has 1 N–H and O–H groups in total. The largest absolute Gasteiger partial charge is 0.322 e. The van der Waals surface area contributed by atoms with Crippen LogP contribution in [0.2, 0.25) is 0 Å². The molecule has 3 aromatic rings. The van der Waals surface area contributed by atoms with Crippen LogP contribution in [0.5, 0.6) is 0 Å². The number of aromatic nitrogens is 3. The molecular weight excluding hydrogens is 314 g/mol. The molecule has 2 aromatic heterocycles. The molecule has 0 saturated carbocycles. The number of amides is 1. The SMILES string of the molecule is CCc1c(C(=O)Nc2cc(F)cc(F)c2)cnn1-c1ccccn1. The van der Waals surface area contributed by atoms with Crippen molar-refractivity contribution in [3.05, 3.63) is 71.7 Å². The van der Waals surface area contributed by atoms with Crippen LogP contribution < -0.4 is 5.32 Å². The van der Waals surface area contributed by atoms with Gasteiger partial charge in [-0.25, -0.2) is 18.4 Å². The summed E-state index contributed by atoms with van der Waals surface area (Å²) in [6.45, 7) is 1.88. The van der Waals surface area contributed by atoms with Gasteiger partial charge in [0.25, 0.3) is 5.91 Å². The second-order valence-corrected chi connectivity index (χ2v) is 5.07.